The average molecular weight is 188 g/mol. The normalized spacial score (nSPS) is 9.92. The molecule has 0 spiro atoms. The predicted octanol–water partition coefficient (Wildman–Crippen LogP) is 0.223. The Bertz CT molecular complexity index is 316. The molecule has 6 nitrogen and oxygen atoms in total. The Hall–Kier alpha value is -1.98. The highest BCUT2D eigenvalue weighted by Crippen LogP contribution is 2.54. The fraction of sp³-hybridized carbons (Fsp3) is 0.143. The van der Waals surface area contributed by atoms with Gasteiger partial charge in [0.05, 0.1) is 7.11 Å². The molecule has 0 aliphatic heterocycles. The van der Waals surface area contributed by atoms with Crippen LogP contribution < -0.4 is 4.74 Å². The van der Waals surface area contributed by atoms with Crippen molar-refractivity contribution in [2.75, 3.05) is 7.11 Å². The van der Waals surface area contributed by atoms with E-state index in [0.717, 1.165) is 7.11 Å². The smallest absolute Gasteiger partial charge is 0.211 e. The van der Waals surface area contributed by atoms with Crippen molar-refractivity contribution in [3.05, 3.63) is 0 Å². The van der Waals surface area contributed by atoms with Crippen molar-refractivity contribution in [2.24, 2.45) is 0 Å². The molecule has 1 rings (SSSR count). The van der Waals surface area contributed by atoms with Gasteiger partial charge in [0.25, 0.3) is 0 Å². The highest BCUT2D eigenvalue weighted by Gasteiger charge is 2.23. The average Bonchev–Trinajstić information content (AvgIpc) is 2.13. The lowest BCUT2D eigenvalue weighted by atomic mass is 10.2. The molecule has 0 aliphatic carbocycles. The van der Waals surface area contributed by atoms with Crippen LogP contribution in [0.5, 0.6) is 34.5 Å². The van der Waals surface area contributed by atoms with Gasteiger partial charge in [-0.25, -0.2) is 0 Å². The van der Waals surface area contributed by atoms with Crippen molar-refractivity contribution in [1.82, 2.24) is 0 Å². The zero-order chi connectivity index (χ0) is 10.2. The summed E-state index contributed by atoms with van der Waals surface area (Å²) in [4.78, 5) is 0. The van der Waals surface area contributed by atoms with Gasteiger partial charge in [0.1, 0.15) is 0 Å². The quantitative estimate of drug-likeness (QED) is 0.318. The van der Waals surface area contributed by atoms with E-state index in [1.54, 1.807) is 0 Å². The molecule has 0 aromatic heterocycles. The molecule has 72 valence electrons. The van der Waals surface area contributed by atoms with Crippen molar-refractivity contribution in [3.8, 4) is 34.5 Å². The van der Waals surface area contributed by atoms with Crippen LogP contribution in [0.15, 0.2) is 0 Å². The molecule has 13 heavy (non-hydrogen) atoms. The van der Waals surface area contributed by atoms with Gasteiger partial charge in [-0.2, -0.15) is 0 Å². The first-order valence-corrected chi connectivity index (χ1v) is 3.23. The van der Waals surface area contributed by atoms with Gasteiger partial charge in [-0.05, 0) is 0 Å². The minimum atomic E-state index is -1.00. The summed E-state index contributed by atoms with van der Waals surface area (Å²) < 4.78 is 4.46. The zero-order valence-corrected chi connectivity index (χ0v) is 6.64. The molecule has 5 N–H and O–H groups in total. The summed E-state index contributed by atoms with van der Waals surface area (Å²) in [7, 11) is 1.12. The minimum absolute atomic E-state index is 0.507. The van der Waals surface area contributed by atoms with Crippen molar-refractivity contribution in [1.29, 1.82) is 0 Å². The largest absolute Gasteiger partial charge is 0.502 e. The van der Waals surface area contributed by atoms with E-state index in [-0.39, 0.29) is 0 Å². The number of ether oxygens (including phenoxy) is 1. The van der Waals surface area contributed by atoms with Gasteiger partial charge in [0, 0.05) is 0 Å². The van der Waals surface area contributed by atoms with Gasteiger partial charge in [-0.3, -0.25) is 0 Å². The zero-order valence-electron chi connectivity index (χ0n) is 6.64. The maximum Gasteiger partial charge on any atom is 0.211 e. The van der Waals surface area contributed by atoms with E-state index in [1.807, 2.05) is 0 Å². The van der Waals surface area contributed by atoms with Crippen LogP contribution in [0.1, 0.15) is 0 Å². The van der Waals surface area contributed by atoms with E-state index in [1.165, 1.54) is 0 Å². The summed E-state index contributed by atoms with van der Waals surface area (Å²) >= 11 is 0. The van der Waals surface area contributed by atoms with Gasteiger partial charge in [-0.1, -0.05) is 0 Å². The van der Waals surface area contributed by atoms with Crippen LogP contribution >= 0.6 is 0 Å². The standard InChI is InChI=1S/C7H8O6/c1-13-7-5(11)3(9)2(8)4(10)6(7)12/h8-12H,1H3. The number of hydrogen-bond acceptors (Lipinski definition) is 6. The molecule has 6 heteroatoms. The first-order valence-electron chi connectivity index (χ1n) is 3.23. The summed E-state index contributed by atoms with van der Waals surface area (Å²) in [5.41, 5.74) is 0. The third-order valence-electron chi connectivity index (χ3n) is 1.53. The van der Waals surface area contributed by atoms with E-state index in [2.05, 4.69) is 4.74 Å². The lowest BCUT2D eigenvalue weighted by Gasteiger charge is -2.10. The van der Waals surface area contributed by atoms with E-state index in [4.69, 9.17) is 25.5 Å². The highest BCUT2D eigenvalue weighted by molar-refractivity contribution is 5.70. The third-order valence-corrected chi connectivity index (χ3v) is 1.53. The molecule has 0 amide bonds. The molecule has 1 aromatic rings. The number of hydrogen-bond donors (Lipinski definition) is 5. The SMILES string of the molecule is COc1c(O)c(O)c(O)c(O)c1O. The fourth-order valence-electron chi connectivity index (χ4n) is 0.857. The summed E-state index contributed by atoms with van der Waals surface area (Å²) in [5.74, 6) is -5.09. The van der Waals surface area contributed by atoms with Gasteiger partial charge in [0.2, 0.25) is 34.5 Å². The number of methoxy groups -OCH3 is 1. The molecular weight excluding hydrogens is 180 g/mol. The van der Waals surface area contributed by atoms with Crippen LogP contribution in [0.3, 0.4) is 0 Å². The maximum absolute atomic E-state index is 9.08. The summed E-state index contributed by atoms with van der Waals surface area (Å²) in [6.07, 6.45) is 0. The summed E-state index contributed by atoms with van der Waals surface area (Å²) in [6, 6.07) is 0. The minimum Gasteiger partial charge on any atom is -0.502 e. The van der Waals surface area contributed by atoms with Crippen LogP contribution in [0.4, 0.5) is 0 Å². The van der Waals surface area contributed by atoms with E-state index in [9.17, 15) is 0 Å². The number of rotatable bonds is 1. The second-order valence-corrected chi connectivity index (χ2v) is 2.28. The van der Waals surface area contributed by atoms with Crippen molar-refractivity contribution in [3.63, 3.8) is 0 Å². The lowest BCUT2D eigenvalue weighted by Crippen LogP contribution is -1.86. The van der Waals surface area contributed by atoms with Crippen LogP contribution in [0.25, 0.3) is 0 Å². The monoisotopic (exact) mass is 188 g/mol. The maximum atomic E-state index is 9.08. The van der Waals surface area contributed by atoms with E-state index in [0.29, 0.717) is 0 Å². The highest BCUT2D eigenvalue weighted by atomic mass is 16.5. The van der Waals surface area contributed by atoms with Gasteiger partial charge < -0.3 is 30.3 Å². The number of benzene rings is 1. The fourth-order valence-corrected chi connectivity index (χ4v) is 0.857. The number of aromatic hydroxyl groups is 5. The van der Waals surface area contributed by atoms with E-state index < -0.39 is 34.5 Å². The summed E-state index contributed by atoms with van der Waals surface area (Å²) in [6.45, 7) is 0. The topological polar surface area (TPSA) is 110 Å². The first kappa shape index (κ1) is 9.11. The number of phenols is 5. The Morgan fingerprint density at radius 1 is 0.692 bits per heavy atom. The molecule has 0 saturated carbocycles. The summed E-state index contributed by atoms with van der Waals surface area (Å²) in [5, 5.41) is 45.0. The lowest BCUT2D eigenvalue weighted by molar-refractivity contribution is 0.295. The third kappa shape index (κ3) is 1.12. The predicted molar refractivity (Wildman–Crippen MR) is 41.3 cm³/mol. The molecule has 0 fully saturated rings. The Kier molecular flexibility index (Phi) is 1.97. The van der Waals surface area contributed by atoms with Gasteiger partial charge >= 0.3 is 0 Å². The molecule has 0 heterocycles. The van der Waals surface area contributed by atoms with Crippen molar-refractivity contribution in [2.45, 2.75) is 0 Å². The Morgan fingerprint density at radius 3 is 1.31 bits per heavy atom. The molecular formula is C7H8O6. The molecule has 0 aliphatic rings. The Balaban J connectivity index is 3.56. The van der Waals surface area contributed by atoms with Gasteiger partial charge in [0.15, 0.2) is 0 Å². The van der Waals surface area contributed by atoms with Crippen LogP contribution in [-0.4, -0.2) is 32.6 Å². The molecule has 0 atom stereocenters. The second-order valence-electron chi connectivity index (χ2n) is 2.28. The molecule has 0 bridgehead atoms. The van der Waals surface area contributed by atoms with Crippen LogP contribution in [0, 0.1) is 0 Å². The Morgan fingerprint density at radius 2 is 1.00 bits per heavy atom. The van der Waals surface area contributed by atoms with Gasteiger partial charge in [-0.15, -0.1) is 0 Å². The molecule has 0 unspecified atom stereocenters. The van der Waals surface area contributed by atoms with Crippen molar-refractivity contribution < 1.29 is 30.3 Å². The van der Waals surface area contributed by atoms with E-state index >= 15 is 0 Å². The number of phenolic OH excluding ortho intramolecular Hbond substituents is 5. The van der Waals surface area contributed by atoms with Crippen LogP contribution in [0.2, 0.25) is 0 Å². The Labute approximate surface area is 72.9 Å². The van der Waals surface area contributed by atoms with Crippen molar-refractivity contribution >= 4 is 0 Å². The molecule has 0 saturated heterocycles. The second kappa shape index (κ2) is 2.81. The first-order chi connectivity index (χ1) is 6.00. The van der Waals surface area contributed by atoms with Crippen LogP contribution in [-0.2, 0) is 0 Å². The molecule has 1 aromatic carbocycles. The molecule has 0 radical (unpaired) electrons.